The van der Waals surface area contributed by atoms with Crippen molar-refractivity contribution in [2.75, 3.05) is 24.1 Å². The summed E-state index contributed by atoms with van der Waals surface area (Å²) in [6, 6.07) is -0.378. The second-order valence-electron chi connectivity index (χ2n) is 4.66. The molecule has 1 saturated heterocycles. The number of nitrogens with zero attached hydrogens (tertiary/aromatic N) is 3. The zero-order valence-electron chi connectivity index (χ0n) is 10.4. The molecule has 1 aliphatic heterocycles. The van der Waals surface area contributed by atoms with Gasteiger partial charge < -0.3 is 16.4 Å². The molecule has 0 unspecified atom stereocenters. The highest BCUT2D eigenvalue weighted by Crippen LogP contribution is 2.27. The topological polar surface area (TPSA) is 80.3 Å². The maximum Gasteiger partial charge on any atom is 0.243 e. The van der Waals surface area contributed by atoms with Gasteiger partial charge in [0.1, 0.15) is 11.7 Å². The lowest BCUT2D eigenvalue weighted by atomic mass is 10.1. The van der Waals surface area contributed by atoms with Crippen molar-refractivity contribution < 1.29 is 8.78 Å². The molecule has 9 heteroatoms. The lowest BCUT2D eigenvalue weighted by molar-refractivity contribution is 0.244. The number of hydrogen-bond acceptors (Lipinski definition) is 5. The molecule has 108 valence electrons. The van der Waals surface area contributed by atoms with Crippen molar-refractivity contribution in [1.82, 2.24) is 19.9 Å². The van der Waals surface area contributed by atoms with Crippen LogP contribution in [0.5, 0.6) is 0 Å². The maximum atomic E-state index is 13.7. The average molecular weight is 347 g/mol. The van der Waals surface area contributed by atoms with E-state index in [1.54, 1.807) is 0 Å². The van der Waals surface area contributed by atoms with Crippen LogP contribution >= 0.6 is 15.9 Å². The number of fused-ring (bicyclic) bond motifs is 1. The van der Waals surface area contributed by atoms with Crippen molar-refractivity contribution >= 4 is 33.2 Å². The minimum Gasteiger partial charge on any atom is -0.382 e. The zero-order valence-corrected chi connectivity index (χ0v) is 12.0. The van der Waals surface area contributed by atoms with E-state index in [0.717, 1.165) is 6.54 Å². The second kappa shape index (κ2) is 5.13. The van der Waals surface area contributed by atoms with Crippen molar-refractivity contribution in [3.8, 4) is 0 Å². The van der Waals surface area contributed by atoms with Crippen LogP contribution in [0.4, 0.5) is 20.5 Å². The molecule has 3 heterocycles. The lowest BCUT2D eigenvalue weighted by Gasteiger charge is -2.27. The third kappa shape index (κ3) is 2.31. The lowest BCUT2D eigenvalue weighted by Crippen LogP contribution is -2.45. The second-order valence-corrected chi connectivity index (χ2v) is 5.46. The number of piperidine rings is 1. The van der Waals surface area contributed by atoms with Crippen LogP contribution in [0.1, 0.15) is 6.42 Å². The molecular weight excluding hydrogens is 334 g/mol. The normalized spacial score (nSPS) is 23.1. The van der Waals surface area contributed by atoms with E-state index in [1.807, 2.05) is 0 Å². The quantitative estimate of drug-likeness (QED) is 0.764. The van der Waals surface area contributed by atoms with Gasteiger partial charge in [0.15, 0.2) is 11.6 Å². The Bertz CT molecular complexity index is 645. The Kier molecular flexibility index (Phi) is 3.47. The van der Waals surface area contributed by atoms with E-state index in [4.69, 9.17) is 5.73 Å². The first-order valence-electron chi connectivity index (χ1n) is 6.17. The van der Waals surface area contributed by atoms with Gasteiger partial charge in [0.2, 0.25) is 5.95 Å². The van der Waals surface area contributed by atoms with E-state index in [1.165, 1.54) is 10.7 Å². The summed E-state index contributed by atoms with van der Waals surface area (Å²) in [7, 11) is 0. The molecule has 0 saturated carbocycles. The molecule has 0 spiro atoms. The Morgan fingerprint density at radius 2 is 2.35 bits per heavy atom. The van der Waals surface area contributed by atoms with Crippen molar-refractivity contribution in [2.45, 2.75) is 18.6 Å². The van der Waals surface area contributed by atoms with Gasteiger partial charge in [-0.25, -0.2) is 13.3 Å². The highest BCUT2D eigenvalue weighted by atomic mass is 79.9. The molecule has 0 amide bonds. The van der Waals surface area contributed by atoms with Crippen LogP contribution < -0.4 is 16.4 Å². The predicted molar refractivity (Wildman–Crippen MR) is 74.9 cm³/mol. The molecule has 3 rings (SSSR count). The monoisotopic (exact) mass is 346 g/mol. The fourth-order valence-electron chi connectivity index (χ4n) is 2.25. The minimum absolute atomic E-state index is 0.127. The van der Waals surface area contributed by atoms with E-state index >= 15 is 0 Å². The van der Waals surface area contributed by atoms with Crippen LogP contribution in [0.25, 0.3) is 5.52 Å². The average Bonchev–Trinajstić information content (AvgIpc) is 2.68. The predicted octanol–water partition coefficient (Wildman–Crippen LogP) is 1.32. The highest BCUT2D eigenvalue weighted by Gasteiger charge is 2.25. The van der Waals surface area contributed by atoms with Gasteiger partial charge in [-0.05, 0) is 28.9 Å². The van der Waals surface area contributed by atoms with Gasteiger partial charge in [-0.15, -0.1) is 5.10 Å². The summed E-state index contributed by atoms with van der Waals surface area (Å²) >= 11 is 3.09. The molecule has 1 fully saturated rings. The van der Waals surface area contributed by atoms with E-state index in [2.05, 4.69) is 36.6 Å². The molecule has 4 N–H and O–H groups in total. The molecule has 1 aliphatic rings. The summed E-state index contributed by atoms with van der Waals surface area (Å²) in [5.41, 5.74) is 6.15. The Morgan fingerprint density at radius 3 is 3.10 bits per heavy atom. The van der Waals surface area contributed by atoms with Crippen LogP contribution in [0.15, 0.2) is 10.7 Å². The summed E-state index contributed by atoms with van der Waals surface area (Å²) in [6.07, 6.45) is 0.780. The number of nitrogens with two attached hydrogens (primary N) is 1. The molecule has 2 aromatic rings. The smallest absolute Gasteiger partial charge is 0.243 e. The first kappa shape index (κ1) is 13.5. The van der Waals surface area contributed by atoms with Gasteiger partial charge in [0.25, 0.3) is 0 Å². The van der Waals surface area contributed by atoms with Gasteiger partial charge in [-0.3, -0.25) is 0 Å². The van der Waals surface area contributed by atoms with Crippen LogP contribution in [0.3, 0.4) is 0 Å². The number of rotatable bonds is 2. The van der Waals surface area contributed by atoms with Crippen LogP contribution in [-0.2, 0) is 0 Å². The van der Waals surface area contributed by atoms with E-state index < -0.39 is 12.0 Å². The van der Waals surface area contributed by atoms with Gasteiger partial charge in [0, 0.05) is 6.54 Å². The third-order valence-corrected chi connectivity index (χ3v) is 4.03. The van der Waals surface area contributed by atoms with E-state index in [0.29, 0.717) is 18.5 Å². The largest absolute Gasteiger partial charge is 0.382 e. The molecule has 0 radical (unpaired) electrons. The van der Waals surface area contributed by atoms with E-state index in [9.17, 15) is 8.78 Å². The molecule has 20 heavy (non-hydrogen) atoms. The standard InChI is InChI=1S/C11H13BrF2N6/c12-8-6(14)4-20-9(8)10(15)18-11(19-20)17-7-1-2-16-3-5(7)13/h4-5,7,16H,1-3H2,(H3,15,17,18,19)/t5-,7+/m1/s1. The van der Waals surface area contributed by atoms with Crippen molar-refractivity contribution in [1.29, 1.82) is 0 Å². The SMILES string of the molecule is Nc1nc(N[C@H]2CCNC[C@H]2F)nn2cc(F)c(Br)c12. The first-order valence-corrected chi connectivity index (χ1v) is 6.96. The number of anilines is 2. The van der Waals surface area contributed by atoms with Crippen LogP contribution in [0.2, 0.25) is 0 Å². The summed E-state index contributed by atoms with van der Waals surface area (Å²) in [5.74, 6) is -0.164. The summed E-state index contributed by atoms with van der Waals surface area (Å²) < 4.78 is 28.7. The molecule has 0 aromatic carbocycles. The number of nitrogen functional groups attached to an aromatic ring is 1. The van der Waals surface area contributed by atoms with Crippen LogP contribution in [-0.4, -0.2) is 39.9 Å². The molecule has 2 aromatic heterocycles. The molecular formula is C11H13BrF2N6. The number of nitrogens with one attached hydrogen (secondary N) is 2. The van der Waals surface area contributed by atoms with E-state index in [-0.39, 0.29) is 22.3 Å². The molecule has 0 bridgehead atoms. The van der Waals surface area contributed by atoms with Gasteiger partial charge >= 0.3 is 0 Å². The number of aromatic nitrogens is 3. The third-order valence-electron chi connectivity index (χ3n) is 3.28. The highest BCUT2D eigenvalue weighted by molar-refractivity contribution is 9.10. The zero-order chi connectivity index (χ0) is 14.3. The first-order chi connectivity index (χ1) is 9.56. The van der Waals surface area contributed by atoms with Gasteiger partial charge in [-0.2, -0.15) is 4.98 Å². The summed E-state index contributed by atoms with van der Waals surface area (Å²) in [4.78, 5) is 4.06. The van der Waals surface area contributed by atoms with Crippen LogP contribution in [0, 0.1) is 5.82 Å². The Balaban J connectivity index is 1.92. The van der Waals surface area contributed by atoms with Crippen molar-refractivity contribution in [3.63, 3.8) is 0 Å². The number of hydrogen-bond donors (Lipinski definition) is 3. The molecule has 0 aliphatic carbocycles. The fraction of sp³-hybridized carbons (Fsp3) is 0.455. The summed E-state index contributed by atoms with van der Waals surface area (Å²) in [6.45, 7) is 1.01. The Labute approximate surface area is 121 Å². The fourth-order valence-corrected chi connectivity index (χ4v) is 2.74. The Morgan fingerprint density at radius 1 is 1.55 bits per heavy atom. The van der Waals surface area contributed by atoms with Gasteiger partial charge in [-0.1, -0.05) is 0 Å². The molecule has 2 atom stereocenters. The maximum absolute atomic E-state index is 13.7. The number of halogens is 3. The van der Waals surface area contributed by atoms with Crippen molar-refractivity contribution in [3.05, 3.63) is 16.5 Å². The van der Waals surface area contributed by atoms with Crippen molar-refractivity contribution in [2.24, 2.45) is 0 Å². The minimum atomic E-state index is -1.03. The molecule has 6 nitrogen and oxygen atoms in total. The van der Waals surface area contributed by atoms with Gasteiger partial charge in [0.05, 0.1) is 16.7 Å². The Hall–Kier alpha value is -1.48. The summed E-state index contributed by atoms with van der Waals surface area (Å²) in [5, 5.41) is 9.98. The number of alkyl halides is 1.